The SMILES string of the molecule is CC(C)C1(C(N)=O)CCCCN1. The Balaban J connectivity index is 2.77. The molecule has 1 amide bonds. The van der Waals surface area contributed by atoms with Gasteiger partial charge in [0.2, 0.25) is 5.91 Å². The summed E-state index contributed by atoms with van der Waals surface area (Å²) in [4.78, 5) is 11.3. The van der Waals surface area contributed by atoms with Gasteiger partial charge in [0.05, 0.1) is 5.54 Å². The van der Waals surface area contributed by atoms with Crippen molar-refractivity contribution < 1.29 is 4.79 Å². The summed E-state index contributed by atoms with van der Waals surface area (Å²) in [5, 5.41) is 3.26. The molecule has 0 bridgehead atoms. The molecule has 3 nitrogen and oxygen atoms in total. The van der Waals surface area contributed by atoms with E-state index in [4.69, 9.17) is 5.73 Å². The summed E-state index contributed by atoms with van der Waals surface area (Å²) in [6.45, 7) is 5.01. The lowest BCUT2D eigenvalue weighted by Gasteiger charge is -2.38. The number of primary amides is 1. The van der Waals surface area contributed by atoms with Crippen molar-refractivity contribution in [3.05, 3.63) is 0 Å². The molecule has 70 valence electrons. The van der Waals surface area contributed by atoms with E-state index in [1.54, 1.807) is 0 Å². The number of carbonyl (C=O) groups excluding carboxylic acids is 1. The van der Waals surface area contributed by atoms with E-state index in [1.165, 1.54) is 0 Å². The first kappa shape index (κ1) is 9.52. The number of nitrogens with one attached hydrogen (secondary N) is 1. The summed E-state index contributed by atoms with van der Waals surface area (Å²) in [6, 6.07) is 0. The van der Waals surface area contributed by atoms with Gasteiger partial charge in [-0.2, -0.15) is 0 Å². The van der Waals surface area contributed by atoms with Crippen molar-refractivity contribution in [1.82, 2.24) is 5.32 Å². The maximum absolute atomic E-state index is 11.3. The molecule has 1 heterocycles. The van der Waals surface area contributed by atoms with E-state index < -0.39 is 5.54 Å². The van der Waals surface area contributed by atoms with Crippen molar-refractivity contribution in [1.29, 1.82) is 0 Å². The zero-order valence-electron chi connectivity index (χ0n) is 7.89. The molecule has 0 aromatic carbocycles. The molecule has 0 radical (unpaired) electrons. The summed E-state index contributed by atoms with van der Waals surface area (Å²) in [7, 11) is 0. The number of amides is 1. The van der Waals surface area contributed by atoms with E-state index in [1.807, 2.05) is 13.8 Å². The lowest BCUT2D eigenvalue weighted by molar-refractivity contribution is -0.127. The summed E-state index contributed by atoms with van der Waals surface area (Å²) in [5.74, 6) is 0.0903. The standard InChI is InChI=1S/C9H18N2O/c1-7(2)9(8(10)12)5-3-4-6-11-9/h7,11H,3-6H2,1-2H3,(H2,10,12). The van der Waals surface area contributed by atoms with Gasteiger partial charge in [-0.1, -0.05) is 13.8 Å². The summed E-state index contributed by atoms with van der Waals surface area (Å²) in [6.07, 6.45) is 3.15. The van der Waals surface area contributed by atoms with Crippen molar-refractivity contribution in [2.75, 3.05) is 6.54 Å². The van der Waals surface area contributed by atoms with Gasteiger partial charge in [-0.25, -0.2) is 0 Å². The zero-order valence-corrected chi connectivity index (χ0v) is 7.89. The Labute approximate surface area is 73.7 Å². The lowest BCUT2D eigenvalue weighted by atomic mass is 9.79. The highest BCUT2D eigenvalue weighted by Crippen LogP contribution is 2.26. The quantitative estimate of drug-likeness (QED) is 0.639. The average molecular weight is 170 g/mol. The Hall–Kier alpha value is -0.570. The van der Waals surface area contributed by atoms with Gasteiger partial charge >= 0.3 is 0 Å². The molecule has 1 aliphatic rings. The molecule has 0 spiro atoms. The first-order valence-electron chi connectivity index (χ1n) is 4.64. The first-order chi connectivity index (χ1) is 5.59. The summed E-state index contributed by atoms with van der Waals surface area (Å²) in [5.41, 5.74) is 4.97. The number of carbonyl (C=O) groups is 1. The second kappa shape index (κ2) is 3.44. The van der Waals surface area contributed by atoms with Crippen LogP contribution in [0.1, 0.15) is 33.1 Å². The highest BCUT2D eigenvalue weighted by molar-refractivity contribution is 5.85. The average Bonchev–Trinajstić information content (AvgIpc) is 2.05. The highest BCUT2D eigenvalue weighted by atomic mass is 16.1. The van der Waals surface area contributed by atoms with Crippen LogP contribution in [0.15, 0.2) is 0 Å². The predicted molar refractivity (Wildman–Crippen MR) is 48.6 cm³/mol. The molecule has 0 aliphatic carbocycles. The third-order valence-electron chi connectivity index (χ3n) is 2.86. The van der Waals surface area contributed by atoms with Crippen LogP contribution < -0.4 is 11.1 Å². The predicted octanol–water partition coefficient (Wildman–Crippen LogP) is 0.640. The number of hydrogen-bond acceptors (Lipinski definition) is 2. The minimum absolute atomic E-state index is 0.197. The molecule has 1 rings (SSSR count). The van der Waals surface area contributed by atoms with E-state index in [0.29, 0.717) is 0 Å². The van der Waals surface area contributed by atoms with Crippen LogP contribution in [-0.4, -0.2) is 18.0 Å². The highest BCUT2D eigenvalue weighted by Gasteiger charge is 2.40. The van der Waals surface area contributed by atoms with Gasteiger partial charge in [0.25, 0.3) is 0 Å². The Bertz CT molecular complexity index is 171. The Morgan fingerprint density at radius 3 is 2.42 bits per heavy atom. The second-order valence-electron chi connectivity index (χ2n) is 3.87. The van der Waals surface area contributed by atoms with E-state index in [2.05, 4.69) is 5.32 Å². The normalized spacial score (nSPS) is 30.6. The molecule has 1 fully saturated rings. The smallest absolute Gasteiger partial charge is 0.237 e. The van der Waals surface area contributed by atoms with Crippen LogP contribution in [0, 0.1) is 5.92 Å². The van der Waals surface area contributed by atoms with Crippen molar-refractivity contribution in [2.45, 2.75) is 38.6 Å². The molecule has 1 saturated heterocycles. The van der Waals surface area contributed by atoms with Gasteiger partial charge in [-0.05, 0) is 31.7 Å². The maximum atomic E-state index is 11.3. The fourth-order valence-electron chi connectivity index (χ4n) is 1.92. The number of rotatable bonds is 2. The molecule has 0 aromatic rings. The van der Waals surface area contributed by atoms with Gasteiger partial charge in [-0.3, -0.25) is 4.79 Å². The van der Waals surface area contributed by atoms with Crippen LogP contribution in [0.5, 0.6) is 0 Å². The molecular weight excluding hydrogens is 152 g/mol. The fourth-order valence-corrected chi connectivity index (χ4v) is 1.92. The molecule has 3 N–H and O–H groups in total. The van der Waals surface area contributed by atoms with Crippen LogP contribution in [-0.2, 0) is 4.79 Å². The molecule has 0 saturated carbocycles. The van der Waals surface area contributed by atoms with Crippen molar-refractivity contribution in [3.63, 3.8) is 0 Å². The third-order valence-corrected chi connectivity index (χ3v) is 2.86. The van der Waals surface area contributed by atoms with Gasteiger partial charge in [0.15, 0.2) is 0 Å². The van der Waals surface area contributed by atoms with E-state index in [0.717, 1.165) is 25.8 Å². The Morgan fingerprint density at radius 2 is 2.17 bits per heavy atom. The maximum Gasteiger partial charge on any atom is 0.237 e. The zero-order chi connectivity index (χ0) is 9.19. The molecule has 0 aromatic heterocycles. The van der Waals surface area contributed by atoms with Gasteiger partial charge in [0.1, 0.15) is 0 Å². The topological polar surface area (TPSA) is 55.1 Å². The van der Waals surface area contributed by atoms with Crippen molar-refractivity contribution >= 4 is 5.91 Å². The second-order valence-corrected chi connectivity index (χ2v) is 3.87. The summed E-state index contributed by atoms with van der Waals surface area (Å²) < 4.78 is 0. The first-order valence-corrected chi connectivity index (χ1v) is 4.64. The number of nitrogens with two attached hydrogens (primary N) is 1. The Morgan fingerprint density at radius 1 is 1.50 bits per heavy atom. The largest absolute Gasteiger partial charge is 0.368 e. The summed E-state index contributed by atoms with van der Waals surface area (Å²) >= 11 is 0. The van der Waals surface area contributed by atoms with Gasteiger partial charge < -0.3 is 11.1 Å². The molecule has 12 heavy (non-hydrogen) atoms. The van der Waals surface area contributed by atoms with Crippen molar-refractivity contribution in [3.8, 4) is 0 Å². The van der Waals surface area contributed by atoms with Gasteiger partial charge in [-0.15, -0.1) is 0 Å². The van der Waals surface area contributed by atoms with Crippen LogP contribution in [0.4, 0.5) is 0 Å². The molecule has 1 aliphatic heterocycles. The molecule has 1 unspecified atom stereocenters. The van der Waals surface area contributed by atoms with E-state index in [-0.39, 0.29) is 11.8 Å². The number of piperidine rings is 1. The van der Waals surface area contributed by atoms with Crippen molar-refractivity contribution in [2.24, 2.45) is 11.7 Å². The number of hydrogen-bond donors (Lipinski definition) is 2. The van der Waals surface area contributed by atoms with Crippen LogP contribution in [0.2, 0.25) is 0 Å². The monoisotopic (exact) mass is 170 g/mol. The minimum Gasteiger partial charge on any atom is -0.368 e. The fraction of sp³-hybridized carbons (Fsp3) is 0.889. The molecule has 3 heteroatoms. The third kappa shape index (κ3) is 1.46. The van der Waals surface area contributed by atoms with Gasteiger partial charge in [0, 0.05) is 0 Å². The molecular formula is C9H18N2O. The van der Waals surface area contributed by atoms with E-state index >= 15 is 0 Å². The van der Waals surface area contributed by atoms with Crippen LogP contribution in [0.3, 0.4) is 0 Å². The minimum atomic E-state index is -0.432. The van der Waals surface area contributed by atoms with Crippen LogP contribution >= 0.6 is 0 Å². The molecule has 1 atom stereocenters. The Kier molecular flexibility index (Phi) is 2.73. The van der Waals surface area contributed by atoms with E-state index in [9.17, 15) is 4.79 Å². The van der Waals surface area contributed by atoms with Crippen LogP contribution in [0.25, 0.3) is 0 Å². The lowest BCUT2D eigenvalue weighted by Crippen LogP contribution is -2.60.